The zero-order valence-corrected chi connectivity index (χ0v) is 15.7. The van der Waals surface area contributed by atoms with Gasteiger partial charge in [-0.3, -0.25) is 0 Å². The number of aliphatic imine (C=N–C) groups is 1. The topological polar surface area (TPSA) is 77.0 Å². The Kier molecular flexibility index (Phi) is 7.54. The number of pyridine rings is 1. The van der Waals surface area contributed by atoms with Crippen molar-refractivity contribution in [3.63, 3.8) is 0 Å². The summed E-state index contributed by atoms with van der Waals surface area (Å²) in [5, 5.41) is 6.51. The highest BCUT2D eigenvalue weighted by atomic mass is 16.5. The highest BCUT2D eigenvalue weighted by Crippen LogP contribution is 2.30. The Morgan fingerprint density at radius 2 is 1.92 bits per heavy atom. The van der Waals surface area contributed by atoms with E-state index in [1.807, 2.05) is 44.2 Å². The van der Waals surface area contributed by atoms with Crippen molar-refractivity contribution in [2.45, 2.75) is 20.4 Å². The molecule has 0 aliphatic rings. The van der Waals surface area contributed by atoms with Crippen LogP contribution in [0.2, 0.25) is 0 Å². The van der Waals surface area contributed by atoms with E-state index in [0.717, 1.165) is 17.8 Å². The van der Waals surface area contributed by atoms with Crippen LogP contribution in [0.4, 0.5) is 5.69 Å². The molecule has 2 N–H and O–H groups in total. The third-order valence-electron chi connectivity index (χ3n) is 3.50. The van der Waals surface area contributed by atoms with E-state index < -0.39 is 0 Å². The average molecular weight is 358 g/mol. The predicted molar refractivity (Wildman–Crippen MR) is 103 cm³/mol. The largest absolute Gasteiger partial charge is 0.493 e. The zero-order valence-electron chi connectivity index (χ0n) is 15.7. The van der Waals surface area contributed by atoms with Crippen LogP contribution in [-0.4, -0.2) is 38.3 Å². The van der Waals surface area contributed by atoms with Gasteiger partial charge in [-0.25, -0.2) is 9.98 Å². The monoisotopic (exact) mass is 358 g/mol. The van der Waals surface area contributed by atoms with Crippen molar-refractivity contribution in [1.82, 2.24) is 10.3 Å². The number of benzene rings is 1. The number of hydrogen-bond acceptors (Lipinski definition) is 5. The van der Waals surface area contributed by atoms with Gasteiger partial charge in [0.15, 0.2) is 17.5 Å². The molecule has 2 rings (SSSR count). The van der Waals surface area contributed by atoms with Crippen LogP contribution in [0.15, 0.2) is 41.5 Å². The lowest BCUT2D eigenvalue weighted by Gasteiger charge is -2.14. The molecule has 0 saturated carbocycles. The number of rotatable bonds is 8. The summed E-state index contributed by atoms with van der Waals surface area (Å²) in [6.07, 6.45) is 1.76. The number of hydrogen-bond donors (Lipinski definition) is 2. The van der Waals surface area contributed by atoms with E-state index in [-0.39, 0.29) is 0 Å². The maximum absolute atomic E-state index is 5.62. The second kappa shape index (κ2) is 10.1. The summed E-state index contributed by atoms with van der Waals surface area (Å²) in [6, 6.07) is 9.44. The summed E-state index contributed by atoms with van der Waals surface area (Å²) < 4.78 is 16.0. The molecular formula is C19H26N4O3. The Morgan fingerprint density at radius 3 is 2.54 bits per heavy atom. The first kappa shape index (κ1) is 19.4. The second-order valence-corrected chi connectivity index (χ2v) is 5.33. The number of anilines is 1. The molecule has 140 valence electrons. The fourth-order valence-electron chi connectivity index (χ4n) is 2.26. The quantitative estimate of drug-likeness (QED) is 0.558. The molecule has 0 aliphatic heterocycles. The van der Waals surface area contributed by atoms with Gasteiger partial charge >= 0.3 is 0 Å². The van der Waals surface area contributed by atoms with Crippen LogP contribution in [0.3, 0.4) is 0 Å². The maximum atomic E-state index is 5.62. The van der Waals surface area contributed by atoms with Crippen molar-refractivity contribution in [2.75, 3.05) is 32.7 Å². The molecule has 0 fully saturated rings. The van der Waals surface area contributed by atoms with E-state index in [4.69, 9.17) is 14.2 Å². The number of guanidine groups is 1. The summed E-state index contributed by atoms with van der Waals surface area (Å²) in [4.78, 5) is 8.79. The van der Waals surface area contributed by atoms with Crippen LogP contribution < -0.4 is 24.8 Å². The Balaban J connectivity index is 2.12. The molecular weight excluding hydrogens is 332 g/mol. The highest BCUT2D eigenvalue weighted by molar-refractivity contribution is 5.93. The molecule has 1 aromatic heterocycles. The molecule has 2 aromatic rings. The first-order valence-electron chi connectivity index (χ1n) is 8.55. The van der Waals surface area contributed by atoms with Crippen LogP contribution in [0.5, 0.6) is 17.4 Å². The standard InChI is InChI=1S/C19H26N4O3/c1-5-20-19(22-13-14-7-10-18(25-4)21-12-14)23-15-8-9-16(24-3)17(11-15)26-6-2/h7-12H,5-6,13H2,1-4H3,(H2,20,22,23). The first-order chi connectivity index (χ1) is 12.7. The van der Waals surface area contributed by atoms with Gasteiger partial charge in [0, 0.05) is 30.6 Å². The molecule has 0 amide bonds. The average Bonchev–Trinajstić information content (AvgIpc) is 2.67. The van der Waals surface area contributed by atoms with E-state index in [0.29, 0.717) is 36.5 Å². The molecule has 7 heteroatoms. The molecule has 1 heterocycles. The van der Waals surface area contributed by atoms with E-state index in [1.54, 1.807) is 20.4 Å². The van der Waals surface area contributed by atoms with Gasteiger partial charge in [-0.15, -0.1) is 0 Å². The van der Waals surface area contributed by atoms with Gasteiger partial charge in [0.2, 0.25) is 5.88 Å². The Morgan fingerprint density at radius 1 is 1.08 bits per heavy atom. The lowest BCUT2D eigenvalue weighted by Crippen LogP contribution is -2.30. The van der Waals surface area contributed by atoms with E-state index in [1.165, 1.54) is 0 Å². The smallest absolute Gasteiger partial charge is 0.212 e. The van der Waals surface area contributed by atoms with Crippen molar-refractivity contribution in [1.29, 1.82) is 0 Å². The lowest BCUT2D eigenvalue weighted by molar-refractivity contribution is 0.311. The van der Waals surface area contributed by atoms with E-state index in [9.17, 15) is 0 Å². The molecule has 0 saturated heterocycles. The van der Waals surface area contributed by atoms with E-state index in [2.05, 4.69) is 20.6 Å². The van der Waals surface area contributed by atoms with Crippen LogP contribution in [0.1, 0.15) is 19.4 Å². The minimum atomic E-state index is 0.501. The lowest BCUT2D eigenvalue weighted by atomic mass is 10.2. The summed E-state index contributed by atoms with van der Waals surface area (Å²) in [5.41, 5.74) is 1.86. The maximum Gasteiger partial charge on any atom is 0.212 e. The molecule has 7 nitrogen and oxygen atoms in total. The number of ether oxygens (including phenoxy) is 3. The fraction of sp³-hybridized carbons (Fsp3) is 0.368. The van der Waals surface area contributed by atoms with Crippen molar-refractivity contribution in [2.24, 2.45) is 4.99 Å². The van der Waals surface area contributed by atoms with Crippen LogP contribution >= 0.6 is 0 Å². The van der Waals surface area contributed by atoms with Gasteiger partial charge in [0.25, 0.3) is 0 Å². The number of methoxy groups -OCH3 is 2. The fourth-order valence-corrected chi connectivity index (χ4v) is 2.26. The molecule has 1 aromatic carbocycles. The van der Waals surface area contributed by atoms with Crippen LogP contribution in [0, 0.1) is 0 Å². The highest BCUT2D eigenvalue weighted by Gasteiger charge is 2.07. The first-order valence-corrected chi connectivity index (χ1v) is 8.55. The predicted octanol–water partition coefficient (Wildman–Crippen LogP) is 3.08. The molecule has 0 aliphatic carbocycles. The summed E-state index contributed by atoms with van der Waals surface area (Å²) in [6.45, 7) is 5.78. The van der Waals surface area contributed by atoms with Crippen molar-refractivity contribution in [3.05, 3.63) is 42.1 Å². The molecule has 0 spiro atoms. The summed E-state index contributed by atoms with van der Waals surface area (Å²) in [5.74, 6) is 2.65. The Bertz CT molecular complexity index is 717. The van der Waals surface area contributed by atoms with Gasteiger partial charge in [-0.05, 0) is 31.5 Å². The van der Waals surface area contributed by atoms with E-state index >= 15 is 0 Å². The van der Waals surface area contributed by atoms with Crippen molar-refractivity contribution in [3.8, 4) is 17.4 Å². The van der Waals surface area contributed by atoms with Crippen molar-refractivity contribution < 1.29 is 14.2 Å². The number of nitrogens with zero attached hydrogens (tertiary/aromatic N) is 2. The Hall–Kier alpha value is -2.96. The minimum Gasteiger partial charge on any atom is -0.493 e. The third-order valence-corrected chi connectivity index (χ3v) is 3.50. The van der Waals surface area contributed by atoms with Crippen LogP contribution in [-0.2, 0) is 6.54 Å². The molecule has 0 unspecified atom stereocenters. The van der Waals surface area contributed by atoms with Gasteiger partial charge in [-0.2, -0.15) is 0 Å². The summed E-state index contributed by atoms with van der Waals surface area (Å²) in [7, 11) is 3.22. The molecule has 26 heavy (non-hydrogen) atoms. The SMILES string of the molecule is CCNC(=NCc1ccc(OC)nc1)Nc1ccc(OC)c(OCC)c1. The normalized spacial score (nSPS) is 11.0. The van der Waals surface area contributed by atoms with Gasteiger partial charge < -0.3 is 24.8 Å². The van der Waals surface area contributed by atoms with Crippen molar-refractivity contribution >= 4 is 11.6 Å². The van der Waals surface area contributed by atoms with Gasteiger partial charge in [0.1, 0.15) is 0 Å². The third kappa shape index (κ3) is 5.54. The number of aromatic nitrogens is 1. The minimum absolute atomic E-state index is 0.501. The molecule has 0 bridgehead atoms. The Labute approximate surface area is 154 Å². The zero-order chi connectivity index (χ0) is 18.8. The van der Waals surface area contributed by atoms with Crippen LogP contribution in [0.25, 0.3) is 0 Å². The second-order valence-electron chi connectivity index (χ2n) is 5.33. The van der Waals surface area contributed by atoms with Gasteiger partial charge in [-0.1, -0.05) is 6.07 Å². The van der Waals surface area contributed by atoms with Gasteiger partial charge in [0.05, 0.1) is 27.4 Å². The molecule has 0 atom stereocenters. The number of nitrogens with one attached hydrogen (secondary N) is 2. The molecule has 0 radical (unpaired) electrons. The summed E-state index contributed by atoms with van der Waals surface area (Å²) >= 11 is 0.